The van der Waals surface area contributed by atoms with E-state index in [9.17, 15) is 10.1 Å². The van der Waals surface area contributed by atoms with Gasteiger partial charge in [0.2, 0.25) is 0 Å². The lowest BCUT2D eigenvalue weighted by Crippen LogP contribution is -2.12. The van der Waals surface area contributed by atoms with E-state index in [0.717, 1.165) is 5.56 Å². The van der Waals surface area contributed by atoms with E-state index in [1.54, 1.807) is 36.4 Å². The fourth-order valence-corrected chi connectivity index (χ4v) is 2.34. The molecule has 2 rings (SSSR count). The van der Waals surface area contributed by atoms with Crippen molar-refractivity contribution in [3.8, 4) is 11.8 Å². The predicted molar refractivity (Wildman–Crippen MR) is 81.9 cm³/mol. The van der Waals surface area contributed by atoms with Gasteiger partial charge >= 0.3 is 0 Å². The number of carbonyl (C=O) groups is 1. The number of benzene rings is 2. The Morgan fingerprint density at radius 2 is 2.05 bits per heavy atom. The zero-order valence-corrected chi connectivity index (χ0v) is 12.5. The van der Waals surface area contributed by atoms with Crippen LogP contribution in [0.1, 0.15) is 27.4 Å². The minimum Gasteiger partial charge on any atom is -0.496 e. The summed E-state index contributed by atoms with van der Waals surface area (Å²) < 4.78 is 5.22. The van der Waals surface area contributed by atoms with Crippen LogP contribution in [-0.4, -0.2) is 12.9 Å². The Kier molecular flexibility index (Phi) is 4.62. The number of methoxy groups -OCH3 is 1. The van der Waals surface area contributed by atoms with Crippen molar-refractivity contribution >= 4 is 17.4 Å². The third-order valence-corrected chi connectivity index (χ3v) is 3.43. The first-order valence-electron chi connectivity index (χ1n) is 6.40. The van der Waals surface area contributed by atoms with Gasteiger partial charge in [-0.1, -0.05) is 35.4 Å². The second kappa shape index (κ2) is 6.43. The molecule has 4 heteroatoms. The number of Topliss-reactive ketones (excluding diaryl/α,β-unsaturated/α-hetero) is 1. The Morgan fingerprint density at radius 3 is 2.67 bits per heavy atom. The van der Waals surface area contributed by atoms with Crippen molar-refractivity contribution in [2.75, 3.05) is 7.11 Å². The van der Waals surface area contributed by atoms with Crippen LogP contribution in [0.3, 0.4) is 0 Å². The molecule has 0 heterocycles. The first-order valence-corrected chi connectivity index (χ1v) is 6.78. The fraction of sp³-hybridized carbons (Fsp3) is 0.176. The Morgan fingerprint density at radius 1 is 1.29 bits per heavy atom. The van der Waals surface area contributed by atoms with Crippen molar-refractivity contribution in [2.24, 2.45) is 0 Å². The molecule has 0 saturated heterocycles. The van der Waals surface area contributed by atoms with Gasteiger partial charge in [-0.25, -0.2) is 0 Å². The number of ether oxygens (including phenoxy) is 1. The summed E-state index contributed by atoms with van der Waals surface area (Å²) in [4.78, 5) is 12.7. The molecule has 0 radical (unpaired) electrons. The topological polar surface area (TPSA) is 50.1 Å². The van der Waals surface area contributed by atoms with Crippen LogP contribution in [0.4, 0.5) is 0 Å². The molecule has 2 aromatic carbocycles. The summed E-state index contributed by atoms with van der Waals surface area (Å²) in [5.41, 5.74) is 1.92. The van der Waals surface area contributed by atoms with Crippen LogP contribution in [0.15, 0.2) is 42.5 Å². The van der Waals surface area contributed by atoms with Gasteiger partial charge in [0.15, 0.2) is 5.78 Å². The van der Waals surface area contributed by atoms with Crippen LogP contribution in [0.5, 0.6) is 5.75 Å². The SMILES string of the molecule is COc1ccc(C)cc1C(=O)C(C#N)c1cccc(Cl)c1. The molecule has 106 valence electrons. The van der Waals surface area contributed by atoms with E-state index in [1.807, 2.05) is 13.0 Å². The highest BCUT2D eigenvalue weighted by molar-refractivity contribution is 6.30. The molecule has 0 aromatic heterocycles. The lowest BCUT2D eigenvalue weighted by atomic mass is 9.91. The molecule has 0 fully saturated rings. The molecule has 0 N–H and O–H groups in total. The summed E-state index contributed by atoms with van der Waals surface area (Å²) >= 11 is 5.93. The molecule has 1 unspecified atom stereocenters. The smallest absolute Gasteiger partial charge is 0.188 e. The summed E-state index contributed by atoms with van der Waals surface area (Å²) in [5.74, 6) is -0.729. The Balaban J connectivity index is 2.47. The first-order chi connectivity index (χ1) is 10.1. The zero-order chi connectivity index (χ0) is 15.4. The first kappa shape index (κ1) is 15.1. The van der Waals surface area contributed by atoms with Gasteiger partial charge in [0, 0.05) is 5.02 Å². The van der Waals surface area contributed by atoms with Crippen molar-refractivity contribution < 1.29 is 9.53 Å². The average molecular weight is 300 g/mol. The van der Waals surface area contributed by atoms with Gasteiger partial charge < -0.3 is 4.74 Å². The fourth-order valence-electron chi connectivity index (χ4n) is 2.14. The largest absolute Gasteiger partial charge is 0.496 e. The summed E-state index contributed by atoms with van der Waals surface area (Å²) in [5, 5.41) is 9.88. The molecule has 0 amide bonds. The molecule has 0 aliphatic heterocycles. The molecule has 21 heavy (non-hydrogen) atoms. The third-order valence-electron chi connectivity index (χ3n) is 3.19. The second-order valence-corrected chi connectivity index (χ2v) is 5.12. The second-order valence-electron chi connectivity index (χ2n) is 4.69. The van der Waals surface area contributed by atoms with Gasteiger partial charge in [-0.15, -0.1) is 0 Å². The molecule has 0 spiro atoms. The number of nitrogens with zero attached hydrogens (tertiary/aromatic N) is 1. The maximum atomic E-state index is 12.7. The number of carbonyl (C=O) groups excluding carboxylic acids is 1. The standard InChI is InChI=1S/C17H14ClNO2/c1-11-6-7-16(21-2)14(8-11)17(20)15(10-19)12-4-3-5-13(18)9-12/h3-9,15H,1-2H3. The van der Waals surface area contributed by atoms with Crippen molar-refractivity contribution in [2.45, 2.75) is 12.8 Å². The number of ketones is 1. The highest BCUT2D eigenvalue weighted by atomic mass is 35.5. The van der Waals surface area contributed by atoms with E-state index in [0.29, 0.717) is 21.9 Å². The van der Waals surface area contributed by atoms with Crippen molar-refractivity contribution in [3.05, 3.63) is 64.2 Å². The van der Waals surface area contributed by atoms with Crippen LogP contribution in [0, 0.1) is 18.3 Å². The average Bonchev–Trinajstić information content (AvgIpc) is 2.48. The Labute approximate surface area is 128 Å². The van der Waals surface area contributed by atoms with Gasteiger partial charge in [-0.05, 0) is 36.8 Å². The molecule has 2 aromatic rings. The van der Waals surface area contributed by atoms with Gasteiger partial charge in [-0.2, -0.15) is 5.26 Å². The van der Waals surface area contributed by atoms with E-state index in [-0.39, 0.29) is 5.78 Å². The predicted octanol–water partition coefficient (Wildman–Crippen LogP) is 4.15. The molecule has 1 atom stereocenters. The minimum absolute atomic E-state index is 0.291. The maximum Gasteiger partial charge on any atom is 0.188 e. The molecular weight excluding hydrogens is 286 g/mol. The quantitative estimate of drug-likeness (QED) is 0.797. The van der Waals surface area contributed by atoms with Crippen LogP contribution in [0.2, 0.25) is 5.02 Å². The molecule has 3 nitrogen and oxygen atoms in total. The summed E-state index contributed by atoms with van der Waals surface area (Å²) in [6.07, 6.45) is 0. The van der Waals surface area contributed by atoms with Crippen LogP contribution in [-0.2, 0) is 0 Å². The van der Waals surface area contributed by atoms with E-state index < -0.39 is 5.92 Å². The number of aryl methyl sites for hydroxylation is 1. The number of hydrogen-bond donors (Lipinski definition) is 0. The third kappa shape index (κ3) is 3.24. The highest BCUT2D eigenvalue weighted by Gasteiger charge is 2.24. The van der Waals surface area contributed by atoms with Gasteiger partial charge in [0.1, 0.15) is 11.7 Å². The minimum atomic E-state index is -0.903. The van der Waals surface area contributed by atoms with Crippen LogP contribution in [0.25, 0.3) is 0 Å². The summed E-state index contributed by atoms with van der Waals surface area (Å²) in [7, 11) is 1.50. The highest BCUT2D eigenvalue weighted by Crippen LogP contribution is 2.28. The molecule has 0 saturated carbocycles. The normalized spacial score (nSPS) is 11.5. The molecular formula is C17H14ClNO2. The van der Waals surface area contributed by atoms with Gasteiger partial charge in [0.05, 0.1) is 18.7 Å². The zero-order valence-electron chi connectivity index (χ0n) is 11.8. The van der Waals surface area contributed by atoms with Crippen molar-refractivity contribution in [1.29, 1.82) is 5.26 Å². The Bertz CT molecular complexity index is 719. The lowest BCUT2D eigenvalue weighted by Gasteiger charge is -2.12. The molecule has 0 aliphatic rings. The summed E-state index contributed by atoms with van der Waals surface area (Å²) in [6.45, 7) is 1.89. The van der Waals surface area contributed by atoms with Crippen LogP contribution < -0.4 is 4.74 Å². The molecule has 0 aliphatic carbocycles. The van der Waals surface area contributed by atoms with Crippen LogP contribution >= 0.6 is 11.6 Å². The van der Waals surface area contributed by atoms with E-state index in [2.05, 4.69) is 6.07 Å². The van der Waals surface area contributed by atoms with Gasteiger partial charge in [0.25, 0.3) is 0 Å². The maximum absolute atomic E-state index is 12.7. The lowest BCUT2D eigenvalue weighted by molar-refractivity contribution is 0.0976. The monoisotopic (exact) mass is 299 g/mol. The summed E-state index contributed by atoms with van der Waals surface area (Å²) in [6, 6.07) is 14.2. The number of rotatable bonds is 4. The van der Waals surface area contributed by atoms with E-state index in [4.69, 9.17) is 16.3 Å². The van der Waals surface area contributed by atoms with Gasteiger partial charge in [-0.3, -0.25) is 4.79 Å². The number of hydrogen-bond acceptors (Lipinski definition) is 3. The molecule has 0 bridgehead atoms. The van der Waals surface area contributed by atoms with E-state index >= 15 is 0 Å². The number of halogens is 1. The number of nitriles is 1. The van der Waals surface area contributed by atoms with Crippen molar-refractivity contribution in [3.63, 3.8) is 0 Å². The van der Waals surface area contributed by atoms with Crippen molar-refractivity contribution in [1.82, 2.24) is 0 Å². The van der Waals surface area contributed by atoms with E-state index in [1.165, 1.54) is 7.11 Å². The Hall–Kier alpha value is -2.31.